The molecular weight excluding hydrogens is 258 g/mol. The van der Waals surface area contributed by atoms with Gasteiger partial charge < -0.3 is 14.6 Å². The van der Waals surface area contributed by atoms with E-state index in [1.807, 2.05) is 23.5 Å². The first-order valence-corrected chi connectivity index (χ1v) is 7.99. The minimum Gasteiger partial charge on any atom is -0.366 e. The Morgan fingerprint density at radius 2 is 2.35 bits per heavy atom. The van der Waals surface area contributed by atoms with Crippen LogP contribution in [0.3, 0.4) is 0 Å². The second-order valence-corrected chi connectivity index (χ2v) is 6.45. The first-order valence-electron chi connectivity index (χ1n) is 5.78. The number of aromatic nitrogens is 2. The number of morpholine rings is 1. The summed E-state index contributed by atoms with van der Waals surface area (Å²) in [6, 6.07) is 0. The van der Waals surface area contributed by atoms with Gasteiger partial charge in [-0.3, -0.25) is 0 Å². The van der Waals surface area contributed by atoms with Crippen LogP contribution in [0.1, 0.15) is 23.1 Å². The Kier molecular flexibility index (Phi) is 3.90. The molecule has 3 heterocycles. The monoisotopic (exact) mass is 273 g/mol. The summed E-state index contributed by atoms with van der Waals surface area (Å²) >= 11 is 3.87. The normalized spacial score (nSPS) is 30.4. The Bertz CT molecular complexity index is 330. The molecule has 1 N–H and O–H groups in total. The quantitative estimate of drug-likeness (QED) is 0.870. The van der Waals surface area contributed by atoms with Gasteiger partial charge in [-0.05, 0) is 0 Å². The number of nitrogens with one attached hydrogen (secondary N) is 1. The summed E-state index contributed by atoms with van der Waals surface area (Å²) < 4.78 is 10.9. The Balaban J connectivity index is 1.68. The summed E-state index contributed by atoms with van der Waals surface area (Å²) in [6.45, 7) is 2.36. The number of rotatable bonds is 2. The van der Waals surface area contributed by atoms with Crippen LogP contribution >= 0.6 is 23.5 Å². The molecule has 0 amide bonds. The van der Waals surface area contributed by atoms with Crippen molar-refractivity contribution in [1.82, 2.24) is 15.5 Å². The van der Waals surface area contributed by atoms with Crippen LogP contribution in [0, 0.1) is 0 Å². The lowest BCUT2D eigenvalue weighted by Gasteiger charge is -2.20. The van der Waals surface area contributed by atoms with Crippen molar-refractivity contribution >= 4 is 23.5 Å². The molecule has 0 aliphatic carbocycles. The fourth-order valence-electron chi connectivity index (χ4n) is 1.87. The van der Waals surface area contributed by atoms with Crippen LogP contribution in [0.5, 0.6) is 0 Å². The maximum absolute atomic E-state index is 5.59. The van der Waals surface area contributed by atoms with Gasteiger partial charge in [-0.25, -0.2) is 0 Å². The Labute approximate surface area is 108 Å². The minimum atomic E-state index is -0.0776. The van der Waals surface area contributed by atoms with Gasteiger partial charge in [0, 0.05) is 30.3 Å². The van der Waals surface area contributed by atoms with E-state index >= 15 is 0 Å². The molecule has 0 saturated carbocycles. The molecule has 17 heavy (non-hydrogen) atoms. The van der Waals surface area contributed by atoms with E-state index in [4.69, 9.17) is 9.26 Å². The first kappa shape index (κ1) is 11.8. The van der Waals surface area contributed by atoms with Crippen molar-refractivity contribution in [1.29, 1.82) is 0 Å². The SMILES string of the molecule is C1COC(c2nc(C3CSCCS3)no2)CN1. The highest BCUT2D eigenvalue weighted by Crippen LogP contribution is 2.35. The molecule has 2 atom stereocenters. The van der Waals surface area contributed by atoms with Crippen molar-refractivity contribution in [3.8, 4) is 0 Å². The van der Waals surface area contributed by atoms with Crippen molar-refractivity contribution in [3.05, 3.63) is 11.7 Å². The fourth-order valence-corrected chi connectivity index (χ4v) is 4.46. The fraction of sp³-hybridized carbons (Fsp3) is 0.800. The van der Waals surface area contributed by atoms with Crippen molar-refractivity contribution in [2.75, 3.05) is 37.0 Å². The van der Waals surface area contributed by atoms with Crippen LogP contribution in [0.2, 0.25) is 0 Å². The van der Waals surface area contributed by atoms with Gasteiger partial charge >= 0.3 is 0 Å². The molecule has 1 aromatic heterocycles. The van der Waals surface area contributed by atoms with E-state index in [-0.39, 0.29) is 6.10 Å². The van der Waals surface area contributed by atoms with E-state index in [9.17, 15) is 0 Å². The molecule has 2 fully saturated rings. The van der Waals surface area contributed by atoms with Gasteiger partial charge in [0.25, 0.3) is 5.89 Å². The van der Waals surface area contributed by atoms with Crippen LogP contribution in [0.25, 0.3) is 0 Å². The van der Waals surface area contributed by atoms with Crippen molar-refractivity contribution in [2.45, 2.75) is 11.4 Å². The second kappa shape index (κ2) is 5.60. The zero-order valence-electron chi connectivity index (χ0n) is 9.42. The van der Waals surface area contributed by atoms with Gasteiger partial charge in [0.05, 0.1) is 11.9 Å². The van der Waals surface area contributed by atoms with Gasteiger partial charge in [0.15, 0.2) is 5.82 Å². The Morgan fingerprint density at radius 3 is 3.12 bits per heavy atom. The van der Waals surface area contributed by atoms with Gasteiger partial charge in [-0.15, -0.1) is 11.8 Å². The summed E-state index contributed by atoms with van der Waals surface area (Å²) in [5.41, 5.74) is 0. The van der Waals surface area contributed by atoms with Gasteiger partial charge in [-0.1, -0.05) is 5.16 Å². The summed E-state index contributed by atoms with van der Waals surface area (Å²) in [7, 11) is 0. The van der Waals surface area contributed by atoms with Crippen molar-refractivity contribution < 1.29 is 9.26 Å². The highest BCUT2D eigenvalue weighted by atomic mass is 32.2. The van der Waals surface area contributed by atoms with Crippen LogP contribution in [-0.4, -0.2) is 47.1 Å². The van der Waals surface area contributed by atoms with Crippen LogP contribution in [0.4, 0.5) is 0 Å². The number of hydrogen-bond donors (Lipinski definition) is 1. The molecule has 94 valence electrons. The van der Waals surface area contributed by atoms with Crippen LogP contribution < -0.4 is 5.32 Å². The van der Waals surface area contributed by atoms with Gasteiger partial charge in [0.1, 0.15) is 6.10 Å². The molecule has 2 unspecified atom stereocenters. The van der Waals surface area contributed by atoms with E-state index in [0.717, 1.165) is 24.7 Å². The average molecular weight is 273 g/mol. The van der Waals surface area contributed by atoms with Gasteiger partial charge in [-0.2, -0.15) is 16.7 Å². The lowest BCUT2D eigenvalue weighted by molar-refractivity contribution is 0.00755. The standard InChI is InChI=1S/C10H15N3O2S2/c1-2-14-7(5-11-1)10-12-9(13-15-10)8-6-16-3-4-17-8/h7-8,11H,1-6H2. The van der Waals surface area contributed by atoms with E-state index in [2.05, 4.69) is 15.5 Å². The molecule has 5 nitrogen and oxygen atoms in total. The molecule has 0 spiro atoms. The van der Waals surface area contributed by atoms with Crippen molar-refractivity contribution in [2.24, 2.45) is 0 Å². The number of nitrogens with zero attached hydrogens (tertiary/aromatic N) is 2. The third-order valence-corrected chi connectivity index (χ3v) is 5.52. The maximum Gasteiger partial charge on any atom is 0.257 e. The highest BCUT2D eigenvalue weighted by Gasteiger charge is 2.26. The largest absolute Gasteiger partial charge is 0.366 e. The zero-order valence-corrected chi connectivity index (χ0v) is 11.1. The molecular formula is C10H15N3O2S2. The van der Waals surface area contributed by atoms with E-state index in [1.54, 1.807) is 0 Å². The summed E-state index contributed by atoms with van der Waals surface area (Å²) in [5.74, 6) is 4.91. The van der Waals surface area contributed by atoms with E-state index in [0.29, 0.717) is 17.7 Å². The zero-order chi connectivity index (χ0) is 11.5. The minimum absolute atomic E-state index is 0.0776. The van der Waals surface area contributed by atoms with Gasteiger partial charge in [0.2, 0.25) is 0 Å². The molecule has 2 aliphatic heterocycles. The molecule has 7 heteroatoms. The Morgan fingerprint density at radius 1 is 1.35 bits per heavy atom. The third kappa shape index (κ3) is 2.78. The first-order chi connectivity index (χ1) is 8.43. The molecule has 2 aliphatic rings. The summed E-state index contributed by atoms with van der Waals surface area (Å²) in [5, 5.41) is 7.72. The van der Waals surface area contributed by atoms with Crippen molar-refractivity contribution in [3.63, 3.8) is 0 Å². The predicted molar refractivity (Wildman–Crippen MR) is 68.4 cm³/mol. The molecule has 1 aromatic rings. The van der Waals surface area contributed by atoms with E-state index < -0.39 is 0 Å². The molecule has 3 rings (SSSR count). The molecule has 0 radical (unpaired) electrons. The van der Waals surface area contributed by atoms with E-state index in [1.165, 1.54) is 11.5 Å². The molecule has 2 saturated heterocycles. The highest BCUT2D eigenvalue weighted by molar-refractivity contribution is 8.06. The summed E-state index contributed by atoms with van der Waals surface area (Å²) in [4.78, 5) is 4.48. The lowest BCUT2D eigenvalue weighted by Crippen LogP contribution is -2.33. The average Bonchev–Trinajstić information content (AvgIpc) is 2.90. The third-order valence-electron chi connectivity index (χ3n) is 2.76. The number of ether oxygens (including phenoxy) is 1. The second-order valence-electron chi connectivity index (χ2n) is 3.99. The summed E-state index contributed by atoms with van der Waals surface area (Å²) in [6.07, 6.45) is -0.0776. The Hall–Kier alpha value is -0.240. The maximum atomic E-state index is 5.59. The van der Waals surface area contributed by atoms with Crippen LogP contribution in [0.15, 0.2) is 4.52 Å². The number of thioether (sulfide) groups is 2. The molecule has 0 bridgehead atoms. The topological polar surface area (TPSA) is 60.2 Å². The van der Waals surface area contributed by atoms with Crippen LogP contribution in [-0.2, 0) is 4.74 Å². The lowest BCUT2D eigenvalue weighted by atomic mass is 10.3. The molecule has 0 aromatic carbocycles. The number of hydrogen-bond acceptors (Lipinski definition) is 7. The smallest absolute Gasteiger partial charge is 0.257 e. The predicted octanol–water partition coefficient (Wildman–Crippen LogP) is 1.25.